The van der Waals surface area contributed by atoms with E-state index in [1.807, 2.05) is 56.1 Å². The molecule has 196 valence electrons. The summed E-state index contributed by atoms with van der Waals surface area (Å²) in [6.07, 6.45) is 9.48. The van der Waals surface area contributed by atoms with Crippen molar-refractivity contribution in [2.24, 2.45) is 7.05 Å². The molecule has 1 aliphatic rings. The highest BCUT2D eigenvalue weighted by Gasteiger charge is 2.21. The molecule has 0 unspecified atom stereocenters. The number of aryl methyl sites for hydroxylation is 1. The number of aliphatic hydroxyl groups excluding tert-OH is 1. The Labute approximate surface area is 227 Å². The maximum Gasteiger partial charge on any atom is 0.128 e. The number of hydrogen-bond donors (Lipinski definition) is 1. The van der Waals surface area contributed by atoms with E-state index in [4.69, 9.17) is 4.98 Å². The predicted molar refractivity (Wildman–Crippen MR) is 150 cm³/mol. The smallest absolute Gasteiger partial charge is 0.128 e. The van der Waals surface area contributed by atoms with Crippen LogP contribution in [0, 0.1) is 11.3 Å². The van der Waals surface area contributed by atoms with E-state index in [0.29, 0.717) is 18.5 Å². The first-order valence-electron chi connectivity index (χ1n) is 13.1. The van der Waals surface area contributed by atoms with Crippen molar-refractivity contribution in [1.29, 1.82) is 5.26 Å². The molecule has 5 heterocycles. The minimum Gasteiger partial charge on any atom is -0.391 e. The number of nitrogens with zero attached hydrogens (tertiary/aromatic N) is 8. The van der Waals surface area contributed by atoms with E-state index in [-0.39, 0.29) is 6.10 Å². The van der Waals surface area contributed by atoms with Crippen LogP contribution in [0.1, 0.15) is 11.1 Å². The number of piperazine rings is 1. The van der Waals surface area contributed by atoms with Gasteiger partial charge in [0.05, 0.1) is 29.6 Å². The number of hydrogen-bond acceptors (Lipinski definition) is 7. The second-order valence-corrected chi connectivity index (χ2v) is 10.0. The van der Waals surface area contributed by atoms with Gasteiger partial charge in [0.25, 0.3) is 0 Å². The van der Waals surface area contributed by atoms with Crippen LogP contribution >= 0.6 is 0 Å². The quantitative estimate of drug-likeness (QED) is 0.353. The van der Waals surface area contributed by atoms with Crippen LogP contribution in [-0.4, -0.2) is 73.2 Å². The van der Waals surface area contributed by atoms with E-state index in [9.17, 15) is 10.4 Å². The fourth-order valence-corrected chi connectivity index (χ4v) is 5.29. The minimum absolute atomic E-state index is 0.377. The SMILES string of the molecule is Cn1cc(-c2cc(-c3ccc(N4CCN(C[C@H](O)Cc5ccccc5)CC4)nc3)c3c(C#N)cnn3c2)cn1. The molecule has 1 saturated heterocycles. The largest absolute Gasteiger partial charge is 0.391 e. The Morgan fingerprint density at radius 2 is 1.74 bits per heavy atom. The minimum atomic E-state index is -0.377. The maximum atomic E-state index is 10.6. The third-order valence-corrected chi connectivity index (χ3v) is 7.31. The molecule has 1 fully saturated rings. The summed E-state index contributed by atoms with van der Waals surface area (Å²) in [5.74, 6) is 0.927. The van der Waals surface area contributed by atoms with Gasteiger partial charge in [-0.25, -0.2) is 9.50 Å². The van der Waals surface area contributed by atoms with Gasteiger partial charge >= 0.3 is 0 Å². The first-order valence-corrected chi connectivity index (χ1v) is 13.1. The molecule has 9 heteroatoms. The number of pyridine rings is 2. The molecule has 0 bridgehead atoms. The second-order valence-electron chi connectivity index (χ2n) is 10.0. The average Bonchev–Trinajstić information content (AvgIpc) is 3.59. The average molecular weight is 519 g/mol. The van der Waals surface area contributed by atoms with Crippen LogP contribution in [0.2, 0.25) is 0 Å². The number of aliphatic hydroxyl groups is 1. The third kappa shape index (κ3) is 5.25. The van der Waals surface area contributed by atoms with Gasteiger partial charge < -0.3 is 10.0 Å². The Bertz CT molecular complexity index is 1610. The van der Waals surface area contributed by atoms with Crippen molar-refractivity contribution in [2.75, 3.05) is 37.6 Å². The number of rotatable bonds is 7. The molecule has 0 radical (unpaired) electrons. The van der Waals surface area contributed by atoms with Gasteiger partial charge in [0, 0.05) is 80.6 Å². The lowest BCUT2D eigenvalue weighted by molar-refractivity contribution is 0.109. The van der Waals surface area contributed by atoms with Crippen molar-refractivity contribution in [3.05, 3.63) is 90.6 Å². The molecule has 0 aliphatic carbocycles. The molecular weight excluding hydrogens is 488 g/mol. The van der Waals surface area contributed by atoms with Crippen molar-refractivity contribution in [3.63, 3.8) is 0 Å². The first kappa shape index (κ1) is 24.8. The molecule has 0 spiro atoms. The molecule has 9 nitrogen and oxygen atoms in total. The summed E-state index contributed by atoms with van der Waals surface area (Å²) in [5.41, 5.74) is 6.23. The van der Waals surface area contributed by atoms with Crippen LogP contribution in [0.15, 0.2) is 79.5 Å². The molecule has 1 aliphatic heterocycles. The zero-order valence-corrected chi connectivity index (χ0v) is 21.9. The van der Waals surface area contributed by atoms with Crippen LogP contribution in [0.3, 0.4) is 0 Å². The van der Waals surface area contributed by atoms with Crippen molar-refractivity contribution >= 4 is 11.3 Å². The van der Waals surface area contributed by atoms with Gasteiger partial charge in [0.2, 0.25) is 0 Å². The lowest BCUT2D eigenvalue weighted by atomic mass is 10.0. The molecule has 5 aromatic rings. The lowest BCUT2D eigenvalue weighted by Crippen LogP contribution is -2.49. The monoisotopic (exact) mass is 518 g/mol. The van der Waals surface area contributed by atoms with E-state index in [2.05, 4.69) is 50.3 Å². The second kappa shape index (κ2) is 10.7. The van der Waals surface area contributed by atoms with Gasteiger partial charge in [-0.1, -0.05) is 30.3 Å². The molecule has 1 aromatic carbocycles. The highest BCUT2D eigenvalue weighted by Crippen LogP contribution is 2.32. The van der Waals surface area contributed by atoms with Crippen molar-refractivity contribution in [3.8, 4) is 28.3 Å². The van der Waals surface area contributed by atoms with Gasteiger partial charge in [-0.2, -0.15) is 15.5 Å². The van der Waals surface area contributed by atoms with Crippen LogP contribution in [0.4, 0.5) is 5.82 Å². The molecule has 39 heavy (non-hydrogen) atoms. The van der Waals surface area contributed by atoms with Crippen LogP contribution in [0.5, 0.6) is 0 Å². The number of nitriles is 1. The Morgan fingerprint density at radius 1 is 0.923 bits per heavy atom. The summed E-state index contributed by atoms with van der Waals surface area (Å²) in [5, 5.41) is 29.0. The van der Waals surface area contributed by atoms with E-state index in [0.717, 1.165) is 65.3 Å². The number of aromatic nitrogens is 5. The summed E-state index contributed by atoms with van der Waals surface area (Å²) in [6, 6.07) is 18.6. The molecule has 1 atom stereocenters. The normalized spacial score (nSPS) is 14.9. The Hall–Kier alpha value is -4.52. The number of anilines is 1. The standard InChI is InChI=1S/C30H30N8O/c1-35-19-26(18-33-35)24-14-28(30-25(15-31)17-34-38(30)20-24)23-7-8-29(32-16-23)37-11-9-36(10-12-37)21-27(39)13-22-5-3-2-4-6-22/h2-8,14,16-20,27,39H,9-13,21H2,1H3/t27-/m1/s1. The predicted octanol–water partition coefficient (Wildman–Crippen LogP) is 3.39. The fraction of sp³-hybridized carbons (Fsp3) is 0.267. The summed E-state index contributed by atoms with van der Waals surface area (Å²) in [4.78, 5) is 9.41. The van der Waals surface area contributed by atoms with E-state index < -0.39 is 0 Å². The van der Waals surface area contributed by atoms with Crippen LogP contribution in [-0.2, 0) is 13.5 Å². The van der Waals surface area contributed by atoms with Gasteiger partial charge in [0.1, 0.15) is 11.9 Å². The molecule has 4 aromatic heterocycles. The van der Waals surface area contributed by atoms with Crippen molar-refractivity contribution < 1.29 is 5.11 Å². The van der Waals surface area contributed by atoms with E-state index >= 15 is 0 Å². The Balaban J connectivity index is 1.17. The zero-order chi connectivity index (χ0) is 26.8. The summed E-state index contributed by atoms with van der Waals surface area (Å²) < 4.78 is 3.53. The van der Waals surface area contributed by atoms with Crippen molar-refractivity contribution in [1.82, 2.24) is 29.3 Å². The number of β-amino-alcohol motifs (C(OH)–C–C–N with tert-alkyl or cyclic N) is 1. The Morgan fingerprint density at radius 3 is 2.44 bits per heavy atom. The molecular formula is C30H30N8O. The molecule has 0 saturated carbocycles. The maximum absolute atomic E-state index is 10.6. The van der Waals surface area contributed by atoms with Gasteiger partial charge in [-0.3, -0.25) is 9.58 Å². The van der Waals surface area contributed by atoms with Gasteiger partial charge in [-0.15, -0.1) is 0 Å². The fourth-order valence-electron chi connectivity index (χ4n) is 5.29. The lowest BCUT2D eigenvalue weighted by Gasteiger charge is -2.36. The van der Waals surface area contributed by atoms with Gasteiger partial charge in [-0.05, 0) is 30.2 Å². The van der Waals surface area contributed by atoms with E-state index in [1.165, 1.54) is 0 Å². The Kier molecular flexibility index (Phi) is 6.80. The summed E-state index contributed by atoms with van der Waals surface area (Å²) >= 11 is 0. The third-order valence-electron chi connectivity index (χ3n) is 7.31. The topological polar surface area (TPSA) is 98.5 Å². The summed E-state index contributed by atoms with van der Waals surface area (Å²) in [6.45, 7) is 4.14. The molecule has 6 rings (SSSR count). The first-order chi connectivity index (χ1) is 19.1. The zero-order valence-electron chi connectivity index (χ0n) is 21.9. The van der Waals surface area contributed by atoms with Crippen LogP contribution in [0.25, 0.3) is 27.8 Å². The van der Waals surface area contributed by atoms with Crippen molar-refractivity contribution in [2.45, 2.75) is 12.5 Å². The number of fused-ring (bicyclic) bond motifs is 1. The highest BCUT2D eigenvalue weighted by molar-refractivity contribution is 5.87. The van der Waals surface area contributed by atoms with Gasteiger partial charge in [0.15, 0.2) is 0 Å². The van der Waals surface area contributed by atoms with E-state index in [1.54, 1.807) is 15.4 Å². The molecule has 0 amide bonds. The number of benzene rings is 1. The molecule has 1 N–H and O–H groups in total. The highest BCUT2D eigenvalue weighted by atomic mass is 16.3. The summed E-state index contributed by atoms with van der Waals surface area (Å²) in [7, 11) is 1.89. The van der Waals surface area contributed by atoms with Crippen LogP contribution < -0.4 is 4.90 Å².